The van der Waals surface area contributed by atoms with Crippen LogP contribution in [0.25, 0.3) is 0 Å². The second-order valence-electron chi connectivity index (χ2n) is 4.38. The summed E-state index contributed by atoms with van der Waals surface area (Å²) in [5.41, 5.74) is 0.620. The number of nitrogens with one attached hydrogen (secondary N) is 1. The van der Waals surface area contributed by atoms with E-state index in [1.807, 2.05) is 0 Å². The summed E-state index contributed by atoms with van der Waals surface area (Å²) in [6.45, 7) is 2.43. The minimum atomic E-state index is -0.0301. The first-order chi connectivity index (χ1) is 8.69. The van der Waals surface area contributed by atoms with E-state index in [1.54, 1.807) is 25.3 Å². The van der Waals surface area contributed by atoms with Gasteiger partial charge in [-0.3, -0.25) is 9.69 Å². The predicted molar refractivity (Wildman–Crippen MR) is 72.3 cm³/mol. The SMILES string of the molecule is COc1ccc(Cl)cc1NC(=O)CN1CCCC1.[Cl-]. The van der Waals surface area contributed by atoms with E-state index in [1.165, 1.54) is 12.8 Å². The summed E-state index contributed by atoms with van der Waals surface area (Å²) in [6.07, 6.45) is 2.35. The summed E-state index contributed by atoms with van der Waals surface area (Å²) in [5, 5.41) is 3.42. The van der Waals surface area contributed by atoms with Crippen LogP contribution in [0.4, 0.5) is 5.69 Å². The molecule has 0 atom stereocenters. The van der Waals surface area contributed by atoms with Crippen LogP contribution in [0.5, 0.6) is 5.75 Å². The molecule has 0 radical (unpaired) electrons. The summed E-state index contributed by atoms with van der Waals surface area (Å²) < 4.78 is 5.18. The van der Waals surface area contributed by atoms with E-state index < -0.39 is 0 Å². The lowest BCUT2D eigenvalue weighted by atomic mass is 10.3. The first-order valence-corrected chi connectivity index (χ1v) is 6.42. The molecule has 0 bridgehead atoms. The van der Waals surface area contributed by atoms with Crippen LogP contribution in [-0.2, 0) is 4.79 Å². The Kier molecular flexibility index (Phi) is 6.42. The van der Waals surface area contributed by atoms with E-state index in [2.05, 4.69) is 10.2 Å². The Balaban J connectivity index is 0.00000180. The van der Waals surface area contributed by atoms with Gasteiger partial charge in [-0.2, -0.15) is 0 Å². The zero-order chi connectivity index (χ0) is 13.0. The summed E-state index contributed by atoms with van der Waals surface area (Å²) in [4.78, 5) is 14.0. The molecule has 6 heteroatoms. The third-order valence-corrected chi connectivity index (χ3v) is 3.24. The van der Waals surface area contributed by atoms with E-state index in [9.17, 15) is 4.79 Å². The van der Waals surface area contributed by atoms with Crippen LogP contribution in [0.15, 0.2) is 18.2 Å². The first kappa shape index (κ1) is 16.1. The second-order valence-corrected chi connectivity index (χ2v) is 4.81. The number of likely N-dealkylation sites (tertiary alicyclic amines) is 1. The lowest BCUT2D eigenvalue weighted by Gasteiger charge is -2.15. The Hall–Kier alpha value is -0.970. The van der Waals surface area contributed by atoms with E-state index >= 15 is 0 Å². The van der Waals surface area contributed by atoms with Crippen molar-refractivity contribution in [1.29, 1.82) is 0 Å². The van der Waals surface area contributed by atoms with Crippen LogP contribution in [0, 0.1) is 0 Å². The van der Waals surface area contributed by atoms with Gasteiger partial charge in [0.1, 0.15) is 5.75 Å². The number of ether oxygens (including phenoxy) is 1. The molecule has 19 heavy (non-hydrogen) atoms. The number of amides is 1. The Morgan fingerprint density at radius 1 is 1.42 bits per heavy atom. The monoisotopic (exact) mass is 303 g/mol. The zero-order valence-corrected chi connectivity index (χ0v) is 12.3. The van der Waals surface area contributed by atoms with Crippen molar-refractivity contribution in [2.24, 2.45) is 0 Å². The van der Waals surface area contributed by atoms with Gasteiger partial charge < -0.3 is 22.5 Å². The number of benzene rings is 1. The van der Waals surface area contributed by atoms with Crippen LogP contribution in [-0.4, -0.2) is 37.6 Å². The molecular formula is C13H17Cl2N2O2-. The van der Waals surface area contributed by atoms with Crippen LogP contribution >= 0.6 is 11.6 Å². The molecule has 1 N–H and O–H groups in total. The summed E-state index contributed by atoms with van der Waals surface area (Å²) in [5.74, 6) is 0.589. The van der Waals surface area contributed by atoms with Gasteiger partial charge in [-0.1, -0.05) is 11.6 Å². The molecule has 0 spiro atoms. The molecule has 1 aliphatic rings. The molecule has 2 rings (SSSR count). The molecule has 1 aromatic carbocycles. The standard InChI is InChI=1S/C13H17ClN2O2.ClH/c1-18-12-5-4-10(14)8-11(12)15-13(17)9-16-6-2-3-7-16;/h4-5,8H,2-3,6-7,9H2,1H3,(H,15,17);1H/p-1. The highest BCUT2D eigenvalue weighted by Gasteiger charge is 2.16. The van der Waals surface area contributed by atoms with Gasteiger partial charge in [-0.15, -0.1) is 0 Å². The number of methoxy groups -OCH3 is 1. The Bertz CT molecular complexity index is 435. The van der Waals surface area contributed by atoms with Crippen molar-refractivity contribution in [2.75, 3.05) is 32.1 Å². The highest BCUT2D eigenvalue weighted by atomic mass is 35.5. The summed E-state index contributed by atoms with van der Waals surface area (Å²) >= 11 is 5.91. The molecule has 1 aromatic rings. The molecule has 0 saturated carbocycles. The number of hydrogen-bond acceptors (Lipinski definition) is 3. The largest absolute Gasteiger partial charge is 1.00 e. The second kappa shape index (κ2) is 7.58. The number of halogens is 2. The average Bonchev–Trinajstić information content (AvgIpc) is 2.82. The quantitative estimate of drug-likeness (QED) is 0.807. The fraction of sp³-hybridized carbons (Fsp3) is 0.462. The third-order valence-electron chi connectivity index (χ3n) is 3.00. The van der Waals surface area contributed by atoms with Crippen LogP contribution in [0.1, 0.15) is 12.8 Å². The predicted octanol–water partition coefficient (Wildman–Crippen LogP) is -0.613. The Labute approximate surface area is 124 Å². The molecule has 0 aromatic heterocycles. The minimum absolute atomic E-state index is 0. The van der Waals surface area contributed by atoms with Gasteiger partial charge in [-0.25, -0.2) is 0 Å². The molecular weight excluding hydrogens is 287 g/mol. The molecule has 106 valence electrons. The van der Waals surface area contributed by atoms with E-state index in [0.717, 1.165) is 13.1 Å². The highest BCUT2D eigenvalue weighted by molar-refractivity contribution is 6.31. The van der Waals surface area contributed by atoms with E-state index in [4.69, 9.17) is 16.3 Å². The Morgan fingerprint density at radius 2 is 2.11 bits per heavy atom. The average molecular weight is 304 g/mol. The third kappa shape index (κ3) is 4.56. The molecule has 1 heterocycles. The zero-order valence-electron chi connectivity index (χ0n) is 10.8. The topological polar surface area (TPSA) is 41.6 Å². The van der Waals surface area contributed by atoms with E-state index in [-0.39, 0.29) is 18.3 Å². The van der Waals surface area contributed by atoms with Crippen LogP contribution < -0.4 is 22.5 Å². The van der Waals surface area contributed by atoms with Crippen molar-refractivity contribution in [1.82, 2.24) is 4.90 Å². The van der Waals surface area contributed by atoms with Gasteiger partial charge in [0.15, 0.2) is 0 Å². The number of anilines is 1. The molecule has 0 aliphatic carbocycles. The lowest BCUT2D eigenvalue weighted by Crippen LogP contribution is -3.00. The van der Waals surface area contributed by atoms with Gasteiger partial charge in [0.2, 0.25) is 5.91 Å². The fourth-order valence-corrected chi connectivity index (χ4v) is 2.28. The van der Waals surface area contributed by atoms with Crippen LogP contribution in [0.2, 0.25) is 5.02 Å². The minimum Gasteiger partial charge on any atom is -1.00 e. The number of hydrogen-bond donors (Lipinski definition) is 1. The van der Waals surface area contributed by atoms with Crippen LogP contribution in [0.3, 0.4) is 0 Å². The number of nitrogens with zero attached hydrogens (tertiary/aromatic N) is 1. The number of carbonyl (C=O) groups is 1. The molecule has 1 aliphatic heterocycles. The van der Waals surface area contributed by atoms with Crippen molar-refractivity contribution >= 4 is 23.2 Å². The van der Waals surface area contributed by atoms with Gasteiger partial charge in [0, 0.05) is 5.02 Å². The first-order valence-electron chi connectivity index (χ1n) is 6.05. The van der Waals surface area contributed by atoms with E-state index in [0.29, 0.717) is 23.0 Å². The molecule has 1 fully saturated rings. The molecule has 0 unspecified atom stereocenters. The molecule has 1 saturated heterocycles. The van der Waals surface area contributed by atoms with Crippen molar-refractivity contribution in [3.8, 4) is 5.75 Å². The normalized spacial score (nSPS) is 14.8. The highest BCUT2D eigenvalue weighted by Crippen LogP contribution is 2.27. The smallest absolute Gasteiger partial charge is 0.238 e. The Morgan fingerprint density at radius 3 is 2.74 bits per heavy atom. The van der Waals surface area contributed by atoms with Gasteiger partial charge >= 0.3 is 0 Å². The lowest BCUT2D eigenvalue weighted by molar-refractivity contribution is -0.117. The maximum atomic E-state index is 11.9. The number of rotatable bonds is 4. The van der Waals surface area contributed by atoms with Crippen molar-refractivity contribution in [2.45, 2.75) is 12.8 Å². The maximum Gasteiger partial charge on any atom is 0.238 e. The summed E-state index contributed by atoms with van der Waals surface area (Å²) in [6, 6.07) is 5.17. The van der Waals surface area contributed by atoms with Gasteiger partial charge in [0.05, 0.1) is 19.3 Å². The van der Waals surface area contributed by atoms with Crippen molar-refractivity contribution in [3.05, 3.63) is 23.2 Å². The van der Waals surface area contributed by atoms with Crippen molar-refractivity contribution < 1.29 is 21.9 Å². The molecule has 1 amide bonds. The fourth-order valence-electron chi connectivity index (χ4n) is 2.11. The van der Waals surface area contributed by atoms with Gasteiger partial charge in [-0.05, 0) is 44.1 Å². The number of carbonyl (C=O) groups excluding carboxylic acids is 1. The van der Waals surface area contributed by atoms with Gasteiger partial charge in [0.25, 0.3) is 0 Å². The molecule has 4 nitrogen and oxygen atoms in total. The van der Waals surface area contributed by atoms with Crippen molar-refractivity contribution in [3.63, 3.8) is 0 Å². The summed E-state index contributed by atoms with van der Waals surface area (Å²) in [7, 11) is 1.57. The maximum absolute atomic E-state index is 11.9.